The summed E-state index contributed by atoms with van der Waals surface area (Å²) >= 11 is 0. The molecule has 2 saturated heterocycles. The number of hydrogen-bond donors (Lipinski definition) is 0. The minimum atomic E-state index is 0.790. The summed E-state index contributed by atoms with van der Waals surface area (Å²) < 4.78 is 5.57. The van der Waals surface area contributed by atoms with Crippen LogP contribution in [0.15, 0.2) is 18.2 Å². The number of aryl methyl sites for hydroxylation is 1. The summed E-state index contributed by atoms with van der Waals surface area (Å²) in [6.07, 6.45) is 2.65. The molecule has 22 heavy (non-hydrogen) atoms. The zero-order chi connectivity index (χ0) is 15.5. The molecule has 4 heteroatoms. The van der Waals surface area contributed by atoms with E-state index in [1.807, 2.05) is 0 Å². The Kier molecular flexibility index (Phi) is 4.89. The third kappa shape index (κ3) is 3.39. The molecule has 2 fully saturated rings. The standard InChI is InChI=1S/C18H29N3O/c1-15-4-5-17(18(14-15)22-3)21-12-10-20(11-13-21)16-6-8-19(2)9-7-16/h4-5,14,16H,6-13H2,1-3H3. The zero-order valence-electron chi connectivity index (χ0n) is 14.2. The molecule has 0 spiro atoms. The molecule has 2 aliphatic rings. The number of rotatable bonds is 3. The number of likely N-dealkylation sites (tertiary alicyclic amines) is 1. The molecule has 4 nitrogen and oxygen atoms in total. The van der Waals surface area contributed by atoms with Gasteiger partial charge in [-0.25, -0.2) is 0 Å². The number of piperidine rings is 1. The van der Waals surface area contributed by atoms with Crippen LogP contribution in [0.3, 0.4) is 0 Å². The van der Waals surface area contributed by atoms with Crippen LogP contribution in [0.25, 0.3) is 0 Å². The molecule has 122 valence electrons. The number of nitrogens with zero attached hydrogens (tertiary/aromatic N) is 3. The SMILES string of the molecule is COc1cc(C)ccc1N1CCN(C2CCN(C)CC2)CC1. The third-order valence-electron chi connectivity index (χ3n) is 5.19. The lowest BCUT2D eigenvalue weighted by Crippen LogP contribution is -2.53. The van der Waals surface area contributed by atoms with Gasteiger partial charge in [-0.3, -0.25) is 4.90 Å². The van der Waals surface area contributed by atoms with Crippen LogP contribution in [0.4, 0.5) is 5.69 Å². The minimum absolute atomic E-state index is 0.790. The maximum absolute atomic E-state index is 5.57. The molecule has 1 aromatic rings. The Morgan fingerprint density at radius 3 is 2.32 bits per heavy atom. The van der Waals surface area contributed by atoms with Gasteiger partial charge >= 0.3 is 0 Å². The molecule has 2 aliphatic heterocycles. The van der Waals surface area contributed by atoms with Crippen LogP contribution in [0.5, 0.6) is 5.75 Å². The highest BCUT2D eigenvalue weighted by atomic mass is 16.5. The lowest BCUT2D eigenvalue weighted by molar-refractivity contribution is 0.115. The van der Waals surface area contributed by atoms with Gasteiger partial charge in [0, 0.05) is 32.2 Å². The molecule has 0 atom stereocenters. The van der Waals surface area contributed by atoms with Gasteiger partial charge in [-0.1, -0.05) is 6.07 Å². The van der Waals surface area contributed by atoms with Crippen molar-refractivity contribution in [3.8, 4) is 5.75 Å². The first-order chi connectivity index (χ1) is 10.7. The van der Waals surface area contributed by atoms with Crippen LogP contribution in [0.2, 0.25) is 0 Å². The number of piperazine rings is 1. The number of methoxy groups -OCH3 is 1. The van der Waals surface area contributed by atoms with Crippen LogP contribution in [0.1, 0.15) is 18.4 Å². The Hall–Kier alpha value is -1.26. The fourth-order valence-corrected chi connectivity index (χ4v) is 3.73. The van der Waals surface area contributed by atoms with E-state index >= 15 is 0 Å². The van der Waals surface area contributed by atoms with Crippen molar-refractivity contribution in [3.05, 3.63) is 23.8 Å². The Bertz CT molecular complexity index is 489. The molecule has 0 aliphatic carbocycles. The van der Waals surface area contributed by atoms with Gasteiger partial charge in [0.1, 0.15) is 5.75 Å². The van der Waals surface area contributed by atoms with Gasteiger partial charge in [0.25, 0.3) is 0 Å². The minimum Gasteiger partial charge on any atom is -0.495 e. The average Bonchev–Trinajstić information content (AvgIpc) is 2.56. The summed E-state index contributed by atoms with van der Waals surface area (Å²) in [5.74, 6) is 1.01. The maximum Gasteiger partial charge on any atom is 0.142 e. The van der Waals surface area contributed by atoms with E-state index in [2.05, 4.69) is 46.9 Å². The maximum atomic E-state index is 5.57. The van der Waals surface area contributed by atoms with Crippen LogP contribution < -0.4 is 9.64 Å². The first-order valence-corrected chi connectivity index (χ1v) is 8.49. The lowest BCUT2D eigenvalue weighted by Gasteiger charge is -2.43. The molecule has 1 aromatic carbocycles. The molecule has 0 amide bonds. The van der Waals surface area contributed by atoms with E-state index in [9.17, 15) is 0 Å². The first-order valence-electron chi connectivity index (χ1n) is 8.49. The van der Waals surface area contributed by atoms with E-state index in [0.717, 1.165) is 24.9 Å². The van der Waals surface area contributed by atoms with Gasteiger partial charge in [-0.05, 0) is 57.6 Å². The fraction of sp³-hybridized carbons (Fsp3) is 0.667. The molecule has 0 radical (unpaired) electrons. The topological polar surface area (TPSA) is 19.0 Å². The Morgan fingerprint density at radius 2 is 1.68 bits per heavy atom. The molecule has 3 rings (SSSR count). The van der Waals surface area contributed by atoms with Crippen molar-refractivity contribution in [3.63, 3.8) is 0 Å². The van der Waals surface area contributed by atoms with Crippen LogP contribution in [-0.2, 0) is 0 Å². The van der Waals surface area contributed by atoms with Crippen molar-refractivity contribution in [2.75, 3.05) is 58.3 Å². The molecular formula is C18H29N3O. The second-order valence-electron chi connectivity index (χ2n) is 6.73. The molecular weight excluding hydrogens is 274 g/mol. The average molecular weight is 303 g/mol. The molecule has 0 aromatic heterocycles. The van der Waals surface area contributed by atoms with Crippen molar-refractivity contribution in [1.82, 2.24) is 9.80 Å². The quantitative estimate of drug-likeness (QED) is 0.852. The van der Waals surface area contributed by atoms with E-state index in [0.29, 0.717) is 0 Å². The second kappa shape index (κ2) is 6.88. The van der Waals surface area contributed by atoms with Gasteiger partial charge < -0.3 is 14.5 Å². The Morgan fingerprint density at radius 1 is 1.00 bits per heavy atom. The fourth-order valence-electron chi connectivity index (χ4n) is 3.73. The third-order valence-corrected chi connectivity index (χ3v) is 5.19. The summed E-state index contributed by atoms with van der Waals surface area (Å²) in [5, 5.41) is 0. The highest BCUT2D eigenvalue weighted by molar-refractivity contribution is 5.60. The van der Waals surface area contributed by atoms with Gasteiger partial charge in [0.15, 0.2) is 0 Å². The van der Waals surface area contributed by atoms with Gasteiger partial charge in [0.2, 0.25) is 0 Å². The van der Waals surface area contributed by atoms with Crippen molar-refractivity contribution in [1.29, 1.82) is 0 Å². The van der Waals surface area contributed by atoms with E-state index in [1.165, 1.54) is 50.3 Å². The van der Waals surface area contributed by atoms with Crippen molar-refractivity contribution in [2.45, 2.75) is 25.8 Å². The monoisotopic (exact) mass is 303 g/mol. The van der Waals surface area contributed by atoms with Crippen molar-refractivity contribution in [2.24, 2.45) is 0 Å². The summed E-state index contributed by atoms with van der Waals surface area (Å²) in [6.45, 7) is 9.16. The zero-order valence-corrected chi connectivity index (χ0v) is 14.2. The number of anilines is 1. The second-order valence-corrected chi connectivity index (χ2v) is 6.73. The highest BCUT2D eigenvalue weighted by Gasteiger charge is 2.27. The van der Waals surface area contributed by atoms with E-state index in [-0.39, 0.29) is 0 Å². The summed E-state index contributed by atoms with van der Waals surface area (Å²) in [7, 11) is 4.00. The lowest BCUT2D eigenvalue weighted by atomic mass is 10.0. The summed E-state index contributed by atoms with van der Waals surface area (Å²) in [4.78, 5) is 7.62. The van der Waals surface area contributed by atoms with Crippen LogP contribution in [-0.4, -0.2) is 69.3 Å². The Balaban J connectivity index is 1.60. The Labute approximate surface area is 134 Å². The smallest absolute Gasteiger partial charge is 0.142 e. The predicted octanol–water partition coefficient (Wildman–Crippen LogP) is 2.22. The van der Waals surface area contributed by atoms with Gasteiger partial charge in [-0.2, -0.15) is 0 Å². The number of benzene rings is 1. The van der Waals surface area contributed by atoms with Crippen molar-refractivity contribution < 1.29 is 4.74 Å². The van der Waals surface area contributed by atoms with Gasteiger partial charge in [0.05, 0.1) is 12.8 Å². The van der Waals surface area contributed by atoms with Crippen LogP contribution >= 0.6 is 0 Å². The molecule has 0 N–H and O–H groups in total. The summed E-state index contributed by atoms with van der Waals surface area (Å²) in [6, 6.07) is 7.32. The predicted molar refractivity (Wildman–Crippen MR) is 92.0 cm³/mol. The number of hydrogen-bond acceptors (Lipinski definition) is 4. The normalized spacial score (nSPS) is 22.0. The first kappa shape index (κ1) is 15.6. The van der Waals surface area contributed by atoms with E-state index in [4.69, 9.17) is 4.74 Å². The van der Waals surface area contributed by atoms with E-state index < -0.39 is 0 Å². The van der Waals surface area contributed by atoms with E-state index in [1.54, 1.807) is 7.11 Å². The molecule has 0 unspecified atom stereocenters. The van der Waals surface area contributed by atoms with Crippen molar-refractivity contribution >= 4 is 5.69 Å². The number of ether oxygens (including phenoxy) is 1. The highest BCUT2D eigenvalue weighted by Crippen LogP contribution is 2.30. The molecule has 0 saturated carbocycles. The van der Waals surface area contributed by atoms with Crippen LogP contribution in [0, 0.1) is 6.92 Å². The molecule has 0 bridgehead atoms. The largest absolute Gasteiger partial charge is 0.495 e. The van der Waals surface area contributed by atoms with Gasteiger partial charge in [-0.15, -0.1) is 0 Å². The molecule has 2 heterocycles. The summed E-state index contributed by atoms with van der Waals surface area (Å²) in [5.41, 5.74) is 2.50.